The third kappa shape index (κ3) is 3.07. The van der Waals surface area contributed by atoms with Crippen LogP contribution in [-0.2, 0) is 11.3 Å². The van der Waals surface area contributed by atoms with Crippen molar-refractivity contribution in [3.63, 3.8) is 0 Å². The first kappa shape index (κ1) is 17.3. The van der Waals surface area contributed by atoms with E-state index in [4.69, 9.17) is 0 Å². The highest BCUT2D eigenvalue weighted by atomic mass is 16.2. The average molecular weight is 356 g/mol. The second kappa shape index (κ2) is 7.27. The Morgan fingerprint density at radius 2 is 1.69 bits per heavy atom. The molecule has 6 heteroatoms. The van der Waals surface area contributed by atoms with Gasteiger partial charge in [0.05, 0.1) is 11.0 Å². The first-order valence-electron chi connectivity index (χ1n) is 9.83. The van der Waals surface area contributed by atoms with Gasteiger partial charge in [0.2, 0.25) is 5.91 Å². The number of hydrogen-bond donors (Lipinski definition) is 1. The minimum Gasteiger partial charge on any atom is -0.358 e. The summed E-state index contributed by atoms with van der Waals surface area (Å²) in [5.74, 6) is -0.147. The van der Waals surface area contributed by atoms with E-state index in [1.54, 1.807) is 11.6 Å². The summed E-state index contributed by atoms with van der Waals surface area (Å²) in [5, 5.41) is 2.62. The molecule has 0 radical (unpaired) electrons. The molecule has 1 aromatic heterocycles. The van der Waals surface area contributed by atoms with Crippen molar-refractivity contribution in [3.05, 3.63) is 34.7 Å². The third-order valence-electron chi connectivity index (χ3n) is 6.15. The highest BCUT2D eigenvalue weighted by molar-refractivity contribution is 5.80. The Balaban J connectivity index is 1.61. The van der Waals surface area contributed by atoms with Crippen molar-refractivity contribution >= 4 is 16.9 Å². The van der Waals surface area contributed by atoms with Crippen LogP contribution >= 0.6 is 0 Å². The molecule has 0 bridgehead atoms. The van der Waals surface area contributed by atoms with Crippen LogP contribution in [0.2, 0.25) is 0 Å². The van der Waals surface area contributed by atoms with Crippen LogP contribution in [0.1, 0.15) is 44.6 Å². The lowest BCUT2D eigenvalue weighted by Crippen LogP contribution is -2.42. The summed E-state index contributed by atoms with van der Waals surface area (Å²) < 4.78 is 3.54. The van der Waals surface area contributed by atoms with E-state index in [1.807, 2.05) is 28.8 Å². The zero-order valence-corrected chi connectivity index (χ0v) is 15.5. The summed E-state index contributed by atoms with van der Waals surface area (Å²) in [6.07, 6.45) is 7.38. The number of piperidine rings is 1. The molecule has 4 rings (SSSR count). The van der Waals surface area contributed by atoms with Crippen LogP contribution in [0.15, 0.2) is 29.1 Å². The Kier molecular flexibility index (Phi) is 4.85. The first-order chi connectivity index (χ1) is 12.7. The van der Waals surface area contributed by atoms with E-state index in [0.29, 0.717) is 0 Å². The van der Waals surface area contributed by atoms with Gasteiger partial charge in [0.15, 0.2) is 0 Å². The molecule has 2 aliphatic rings. The van der Waals surface area contributed by atoms with E-state index in [2.05, 4.69) is 10.2 Å². The fourth-order valence-corrected chi connectivity index (χ4v) is 4.74. The topological polar surface area (TPSA) is 59.3 Å². The molecule has 1 saturated carbocycles. The van der Waals surface area contributed by atoms with Crippen molar-refractivity contribution in [2.45, 2.75) is 57.2 Å². The van der Waals surface area contributed by atoms with Crippen LogP contribution in [0.4, 0.5) is 0 Å². The van der Waals surface area contributed by atoms with Gasteiger partial charge in [-0.3, -0.25) is 13.9 Å². The van der Waals surface area contributed by atoms with Crippen molar-refractivity contribution in [2.24, 2.45) is 0 Å². The van der Waals surface area contributed by atoms with Crippen LogP contribution in [0, 0.1) is 0 Å². The van der Waals surface area contributed by atoms with E-state index in [-0.39, 0.29) is 24.2 Å². The smallest absolute Gasteiger partial charge is 0.329 e. The normalized spacial score (nSPS) is 20.0. The predicted molar refractivity (Wildman–Crippen MR) is 102 cm³/mol. The lowest BCUT2D eigenvalue weighted by molar-refractivity contribution is -0.121. The van der Waals surface area contributed by atoms with Gasteiger partial charge in [0.1, 0.15) is 6.54 Å². The number of nitrogens with one attached hydrogen (secondary N) is 1. The minimum absolute atomic E-state index is 0.0610. The summed E-state index contributed by atoms with van der Waals surface area (Å²) >= 11 is 0. The van der Waals surface area contributed by atoms with E-state index in [1.165, 1.54) is 25.7 Å². The number of nitrogens with zero attached hydrogens (tertiary/aromatic N) is 3. The number of benzene rings is 1. The van der Waals surface area contributed by atoms with Crippen LogP contribution in [0.25, 0.3) is 11.0 Å². The number of fused-ring (bicyclic) bond motifs is 1. The summed E-state index contributed by atoms with van der Waals surface area (Å²) in [7, 11) is 1.60. The Morgan fingerprint density at radius 1 is 1.04 bits per heavy atom. The van der Waals surface area contributed by atoms with Gasteiger partial charge in [-0.2, -0.15) is 0 Å². The molecule has 1 saturated heterocycles. The molecule has 6 nitrogen and oxygen atoms in total. The maximum absolute atomic E-state index is 13.1. The number of likely N-dealkylation sites (N-methyl/N-ethyl adjacent to an activating group) is 1. The van der Waals surface area contributed by atoms with Gasteiger partial charge < -0.3 is 10.2 Å². The highest BCUT2D eigenvalue weighted by Gasteiger charge is 2.29. The fraction of sp³-hybridized carbons (Fsp3) is 0.600. The van der Waals surface area contributed by atoms with Gasteiger partial charge in [-0.15, -0.1) is 0 Å². The minimum atomic E-state index is -0.147. The van der Waals surface area contributed by atoms with Crippen molar-refractivity contribution < 1.29 is 4.79 Å². The van der Waals surface area contributed by atoms with Crippen LogP contribution in [0.5, 0.6) is 0 Å². The van der Waals surface area contributed by atoms with E-state index in [9.17, 15) is 9.59 Å². The summed E-state index contributed by atoms with van der Waals surface area (Å²) in [6, 6.07) is 8.80. The number of aromatic nitrogens is 2. The van der Waals surface area contributed by atoms with Crippen LogP contribution < -0.4 is 11.0 Å². The zero-order chi connectivity index (χ0) is 18.1. The Bertz CT molecular complexity index is 839. The number of hydrogen-bond acceptors (Lipinski definition) is 3. The molecule has 2 fully saturated rings. The number of rotatable bonds is 4. The number of carbonyl (C=O) groups is 1. The van der Waals surface area contributed by atoms with Gasteiger partial charge in [0.25, 0.3) is 0 Å². The molecule has 1 N–H and O–H groups in total. The zero-order valence-electron chi connectivity index (χ0n) is 15.5. The quantitative estimate of drug-likeness (QED) is 0.913. The molecule has 1 aliphatic heterocycles. The fourth-order valence-electron chi connectivity index (χ4n) is 4.74. The van der Waals surface area contributed by atoms with E-state index in [0.717, 1.165) is 43.0 Å². The van der Waals surface area contributed by atoms with Gasteiger partial charge in [-0.1, -0.05) is 25.0 Å². The van der Waals surface area contributed by atoms with Crippen LogP contribution in [-0.4, -0.2) is 46.1 Å². The summed E-state index contributed by atoms with van der Waals surface area (Å²) in [5.41, 5.74) is 1.73. The molecular weight excluding hydrogens is 328 g/mol. The first-order valence-corrected chi connectivity index (χ1v) is 9.83. The maximum Gasteiger partial charge on any atom is 0.329 e. The maximum atomic E-state index is 13.1. The average Bonchev–Trinajstić information content (AvgIpc) is 3.30. The van der Waals surface area contributed by atoms with Gasteiger partial charge in [-0.25, -0.2) is 4.79 Å². The molecule has 2 aromatic rings. The third-order valence-corrected chi connectivity index (χ3v) is 6.15. The molecule has 2 heterocycles. The number of likely N-dealkylation sites (tertiary alicyclic amines) is 1. The van der Waals surface area contributed by atoms with Gasteiger partial charge >= 0.3 is 5.69 Å². The van der Waals surface area contributed by atoms with Crippen molar-refractivity contribution in [1.29, 1.82) is 0 Å². The molecule has 0 atom stereocenters. The van der Waals surface area contributed by atoms with Crippen molar-refractivity contribution in [3.8, 4) is 0 Å². The second-order valence-electron chi connectivity index (χ2n) is 7.61. The molecule has 0 unspecified atom stereocenters. The summed E-state index contributed by atoms with van der Waals surface area (Å²) in [4.78, 5) is 27.6. The molecular formula is C20H28N4O2. The van der Waals surface area contributed by atoms with Gasteiger partial charge in [0, 0.05) is 32.2 Å². The lowest BCUT2D eigenvalue weighted by atomic mass is 10.0. The second-order valence-corrected chi connectivity index (χ2v) is 7.61. The molecule has 26 heavy (non-hydrogen) atoms. The molecule has 0 spiro atoms. The van der Waals surface area contributed by atoms with E-state index >= 15 is 0 Å². The monoisotopic (exact) mass is 356 g/mol. The largest absolute Gasteiger partial charge is 0.358 e. The van der Waals surface area contributed by atoms with Gasteiger partial charge in [-0.05, 0) is 37.8 Å². The SMILES string of the molecule is CNC(=O)Cn1c(=O)n(C2CCN(C3CCCC3)CC2)c2ccccc21. The van der Waals surface area contributed by atoms with Crippen molar-refractivity contribution in [1.82, 2.24) is 19.4 Å². The van der Waals surface area contributed by atoms with E-state index < -0.39 is 0 Å². The molecule has 140 valence electrons. The van der Waals surface area contributed by atoms with Crippen molar-refractivity contribution in [2.75, 3.05) is 20.1 Å². The Labute approximate surface area is 153 Å². The highest BCUT2D eigenvalue weighted by Crippen LogP contribution is 2.30. The standard InChI is InChI=1S/C20H28N4O2/c1-21-19(25)14-23-17-8-4-5-9-18(17)24(20(23)26)16-10-12-22(13-11-16)15-6-2-3-7-15/h4-5,8-9,15-16H,2-3,6-7,10-14H2,1H3,(H,21,25). The number of para-hydroxylation sites is 2. The molecule has 1 aromatic carbocycles. The Hall–Kier alpha value is -2.08. The number of carbonyl (C=O) groups excluding carboxylic acids is 1. The summed E-state index contributed by atoms with van der Waals surface area (Å²) in [6.45, 7) is 2.21. The number of imidazole rings is 1. The molecule has 1 amide bonds. The van der Waals surface area contributed by atoms with Crippen LogP contribution in [0.3, 0.4) is 0 Å². The lowest BCUT2D eigenvalue weighted by Gasteiger charge is -2.36. The molecule has 1 aliphatic carbocycles. The Morgan fingerprint density at radius 3 is 2.35 bits per heavy atom. The predicted octanol–water partition coefficient (Wildman–Crippen LogP) is 2.13. The number of amides is 1.